The van der Waals surface area contributed by atoms with Crippen molar-refractivity contribution in [1.82, 2.24) is 13.9 Å². The number of hydrogen-bond donors (Lipinski definition) is 0. The van der Waals surface area contributed by atoms with E-state index in [9.17, 15) is 13.0 Å². The van der Waals surface area contributed by atoms with Crippen LogP contribution >= 0.6 is 11.6 Å². The molecule has 0 saturated heterocycles. The largest absolute Gasteiger partial charge is 0.609 e. The SMILES string of the molecule is COc1ccc2c(c1)nc([S+]([O-])Cc1ncc(C)c(OC)c1C)n2S(=O)(=O)c1ccc(Cl)cc1. The van der Waals surface area contributed by atoms with Crippen LogP contribution in [0.15, 0.2) is 58.7 Å². The van der Waals surface area contributed by atoms with Crippen molar-refractivity contribution < 1.29 is 22.4 Å². The molecule has 2 aromatic carbocycles. The fraction of sp³-hybridized carbons (Fsp3) is 0.217. The Morgan fingerprint density at radius 2 is 1.79 bits per heavy atom. The second kappa shape index (κ2) is 9.46. The number of halogens is 1. The van der Waals surface area contributed by atoms with E-state index in [2.05, 4.69) is 9.97 Å². The molecule has 4 rings (SSSR count). The minimum Gasteiger partial charge on any atom is -0.609 e. The summed E-state index contributed by atoms with van der Waals surface area (Å²) in [6.45, 7) is 3.69. The molecule has 0 fully saturated rings. The van der Waals surface area contributed by atoms with E-state index in [4.69, 9.17) is 21.1 Å². The molecule has 0 aliphatic carbocycles. The van der Waals surface area contributed by atoms with Gasteiger partial charge in [-0.1, -0.05) is 11.6 Å². The van der Waals surface area contributed by atoms with Gasteiger partial charge in [0.2, 0.25) is 0 Å². The highest BCUT2D eigenvalue weighted by Crippen LogP contribution is 2.31. The highest BCUT2D eigenvalue weighted by molar-refractivity contribution is 7.93. The Kier molecular flexibility index (Phi) is 6.77. The maximum Gasteiger partial charge on any atom is 0.338 e. The molecule has 0 bridgehead atoms. The van der Waals surface area contributed by atoms with Crippen molar-refractivity contribution in [2.75, 3.05) is 14.2 Å². The number of hydrogen-bond acceptors (Lipinski definition) is 7. The number of ether oxygens (including phenoxy) is 2. The number of aromatic nitrogens is 3. The van der Waals surface area contributed by atoms with Crippen molar-refractivity contribution in [3.05, 3.63) is 70.5 Å². The van der Waals surface area contributed by atoms with Gasteiger partial charge in [-0.05, 0) is 50.2 Å². The van der Waals surface area contributed by atoms with Crippen molar-refractivity contribution in [1.29, 1.82) is 0 Å². The van der Waals surface area contributed by atoms with Crippen molar-refractivity contribution in [2.45, 2.75) is 29.7 Å². The average molecular weight is 520 g/mol. The molecule has 2 aromatic heterocycles. The van der Waals surface area contributed by atoms with Crippen molar-refractivity contribution in [2.24, 2.45) is 0 Å². The summed E-state index contributed by atoms with van der Waals surface area (Å²) in [6, 6.07) is 10.6. The Balaban J connectivity index is 1.88. The first-order chi connectivity index (χ1) is 16.2. The third-order valence-corrected chi connectivity index (χ3v) is 8.67. The van der Waals surface area contributed by atoms with Crippen LogP contribution in [0, 0.1) is 13.8 Å². The third-order valence-electron chi connectivity index (χ3n) is 5.36. The molecule has 34 heavy (non-hydrogen) atoms. The van der Waals surface area contributed by atoms with E-state index in [1.807, 2.05) is 13.8 Å². The number of rotatable bonds is 7. The second-order valence-corrected chi connectivity index (χ2v) is 11.1. The van der Waals surface area contributed by atoms with Crippen molar-refractivity contribution in [3.63, 3.8) is 0 Å². The van der Waals surface area contributed by atoms with Gasteiger partial charge in [-0.25, -0.2) is 8.42 Å². The van der Waals surface area contributed by atoms with Crippen LogP contribution in [0.25, 0.3) is 11.0 Å². The highest BCUT2D eigenvalue weighted by atomic mass is 35.5. The van der Waals surface area contributed by atoms with E-state index in [0.29, 0.717) is 27.7 Å². The van der Waals surface area contributed by atoms with Crippen LogP contribution in [0.1, 0.15) is 16.8 Å². The first-order valence-electron chi connectivity index (χ1n) is 10.1. The van der Waals surface area contributed by atoms with E-state index in [-0.39, 0.29) is 21.3 Å². The second-order valence-electron chi connectivity index (χ2n) is 7.51. The topological polar surface area (TPSA) is 106 Å². The molecule has 0 spiro atoms. The summed E-state index contributed by atoms with van der Waals surface area (Å²) in [7, 11) is -1.08. The lowest BCUT2D eigenvalue weighted by Gasteiger charge is -2.15. The van der Waals surface area contributed by atoms with Crippen LogP contribution in [0.4, 0.5) is 0 Å². The summed E-state index contributed by atoms with van der Waals surface area (Å²) in [4.78, 5) is 8.83. The van der Waals surface area contributed by atoms with Gasteiger partial charge in [0.25, 0.3) is 10.0 Å². The van der Waals surface area contributed by atoms with Crippen LogP contribution in [0.2, 0.25) is 5.02 Å². The smallest absolute Gasteiger partial charge is 0.338 e. The lowest BCUT2D eigenvalue weighted by atomic mass is 10.1. The number of aryl methyl sites for hydroxylation is 1. The van der Waals surface area contributed by atoms with E-state index < -0.39 is 21.2 Å². The molecular formula is C23H22ClN3O5S2. The molecule has 8 nitrogen and oxygen atoms in total. The molecule has 0 aliphatic heterocycles. The maximum absolute atomic E-state index is 13.6. The number of methoxy groups -OCH3 is 2. The first kappa shape index (κ1) is 24.3. The minimum absolute atomic E-state index is 0.00317. The maximum atomic E-state index is 13.6. The van der Waals surface area contributed by atoms with Gasteiger partial charge < -0.3 is 14.0 Å². The van der Waals surface area contributed by atoms with E-state index in [1.165, 1.54) is 31.4 Å². The van der Waals surface area contributed by atoms with E-state index in [0.717, 1.165) is 15.1 Å². The predicted molar refractivity (Wildman–Crippen MR) is 131 cm³/mol. The van der Waals surface area contributed by atoms with Crippen LogP contribution in [0.5, 0.6) is 11.5 Å². The Morgan fingerprint density at radius 1 is 1.09 bits per heavy atom. The normalized spacial score (nSPS) is 12.6. The molecule has 0 amide bonds. The molecule has 0 radical (unpaired) electrons. The van der Waals surface area contributed by atoms with Gasteiger partial charge in [-0.2, -0.15) is 8.96 Å². The van der Waals surface area contributed by atoms with Gasteiger partial charge >= 0.3 is 5.16 Å². The molecule has 1 unspecified atom stereocenters. The summed E-state index contributed by atoms with van der Waals surface area (Å²) in [5.41, 5.74) is 2.73. The standard InChI is InChI=1S/C23H22ClN3O5S2/c1-14-12-25-20(15(2)22(14)32-4)13-33(28)23-26-19-11-17(31-3)7-10-21(19)27(23)34(29,30)18-8-5-16(24)6-9-18/h5-12H,13H2,1-4H3. The zero-order valence-corrected chi connectivity index (χ0v) is 21.3. The summed E-state index contributed by atoms with van der Waals surface area (Å²) in [5, 5.41) is 0.289. The monoisotopic (exact) mass is 519 g/mol. The fourth-order valence-electron chi connectivity index (χ4n) is 3.64. The van der Waals surface area contributed by atoms with Crippen LogP contribution in [-0.4, -0.2) is 41.1 Å². The third kappa shape index (κ3) is 4.34. The summed E-state index contributed by atoms with van der Waals surface area (Å²) in [6.07, 6.45) is 1.64. The van der Waals surface area contributed by atoms with Gasteiger partial charge in [0.05, 0.1) is 35.8 Å². The molecule has 178 valence electrons. The van der Waals surface area contributed by atoms with Crippen LogP contribution < -0.4 is 9.47 Å². The molecule has 11 heteroatoms. The molecule has 0 N–H and O–H groups in total. The number of fused-ring (bicyclic) bond motifs is 1. The number of pyridine rings is 1. The summed E-state index contributed by atoms with van der Waals surface area (Å²) in [5.74, 6) is 1.10. The van der Waals surface area contributed by atoms with Crippen LogP contribution in [-0.2, 0) is 27.0 Å². The van der Waals surface area contributed by atoms with Gasteiger partial charge in [0.1, 0.15) is 11.5 Å². The van der Waals surface area contributed by atoms with Crippen molar-refractivity contribution in [3.8, 4) is 11.5 Å². The van der Waals surface area contributed by atoms with E-state index in [1.54, 1.807) is 31.5 Å². The molecule has 0 saturated carbocycles. The zero-order chi connectivity index (χ0) is 24.6. The lowest BCUT2D eigenvalue weighted by molar-refractivity contribution is 0.407. The van der Waals surface area contributed by atoms with E-state index >= 15 is 0 Å². The molecule has 2 heterocycles. The number of benzene rings is 2. The zero-order valence-electron chi connectivity index (χ0n) is 18.9. The first-order valence-corrected chi connectivity index (χ1v) is 13.3. The predicted octanol–water partition coefficient (Wildman–Crippen LogP) is 4.26. The van der Waals surface area contributed by atoms with Gasteiger partial charge in [0.15, 0.2) is 5.75 Å². The molecular weight excluding hydrogens is 498 g/mol. The molecule has 4 aromatic rings. The highest BCUT2D eigenvalue weighted by Gasteiger charge is 2.32. The number of nitrogens with zero attached hydrogens (tertiary/aromatic N) is 3. The van der Waals surface area contributed by atoms with Gasteiger partial charge in [-0.3, -0.25) is 4.98 Å². The lowest BCUT2D eigenvalue weighted by Crippen LogP contribution is -2.20. The average Bonchev–Trinajstić information content (AvgIpc) is 3.21. The van der Waals surface area contributed by atoms with Gasteiger partial charge in [0, 0.05) is 39.6 Å². The Labute approximate surface area is 205 Å². The minimum atomic E-state index is -4.14. The van der Waals surface area contributed by atoms with Gasteiger partial charge in [-0.15, -0.1) is 0 Å². The molecule has 1 atom stereocenters. The Morgan fingerprint density at radius 3 is 2.44 bits per heavy atom. The Hall–Kier alpha value is -2.79. The van der Waals surface area contributed by atoms with Crippen LogP contribution in [0.3, 0.4) is 0 Å². The van der Waals surface area contributed by atoms with Crippen molar-refractivity contribution >= 4 is 43.8 Å². The summed E-state index contributed by atoms with van der Waals surface area (Å²) < 4.78 is 52.6. The Bertz CT molecular complexity index is 1470. The summed E-state index contributed by atoms with van der Waals surface area (Å²) >= 11 is 4.09. The quantitative estimate of drug-likeness (QED) is 0.336. The molecule has 0 aliphatic rings. The number of imidazole rings is 1. The fourth-order valence-corrected chi connectivity index (χ4v) is 6.81.